The molecular weight excluding hydrogens is 258 g/mol. The Labute approximate surface area is 127 Å². The molecule has 0 aliphatic rings. The molecule has 2 nitrogen and oxygen atoms in total. The van der Waals surface area contributed by atoms with Gasteiger partial charge in [0, 0.05) is 11.6 Å². The van der Waals surface area contributed by atoms with Crippen molar-refractivity contribution in [2.24, 2.45) is 5.92 Å². The van der Waals surface area contributed by atoms with Crippen molar-refractivity contribution in [1.29, 1.82) is 0 Å². The third kappa shape index (κ3) is 5.42. The summed E-state index contributed by atoms with van der Waals surface area (Å²) in [6, 6.07) is 20.1. The number of carbonyl (C=O) groups is 1. The minimum absolute atomic E-state index is 0.0565. The molecule has 2 heteroatoms. The molecule has 0 aromatic heterocycles. The maximum atomic E-state index is 12.1. The summed E-state index contributed by atoms with van der Waals surface area (Å²) in [7, 11) is 0. The van der Waals surface area contributed by atoms with Gasteiger partial charge in [-0.2, -0.15) is 0 Å². The van der Waals surface area contributed by atoms with E-state index in [1.54, 1.807) is 0 Å². The summed E-state index contributed by atoms with van der Waals surface area (Å²) in [6.45, 7) is 2.00. The van der Waals surface area contributed by atoms with Gasteiger partial charge >= 0.3 is 0 Å². The first-order valence-corrected chi connectivity index (χ1v) is 7.65. The average Bonchev–Trinajstić information content (AvgIpc) is 2.53. The van der Waals surface area contributed by atoms with Crippen molar-refractivity contribution in [1.82, 2.24) is 0 Å². The van der Waals surface area contributed by atoms with Crippen molar-refractivity contribution in [3.05, 3.63) is 66.2 Å². The van der Waals surface area contributed by atoms with E-state index >= 15 is 0 Å². The highest BCUT2D eigenvalue weighted by atomic mass is 16.1. The van der Waals surface area contributed by atoms with Crippen LogP contribution in [0.4, 0.5) is 5.69 Å². The lowest BCUT2D eigenvalue weighted by Crippen LogP contribution is -2.20. The van der Waals surface area contributed by atoms with Gasteiger partial charge in [0.2, 0.25) is 5.91 Å². The van der Waals surface area contributed by atoms with Crippen LogP contribution in [0.5, 0.6) is 0 Å². The number of hydrogen-bond donors (Lipinski definition) is 1. The second-order valence-electron chi connectivity index (χ2n) is 5.49. The van der Waals surface area contributed by atoms with E-state index in [2.05, 4.69) is 29.6 Å². The van der Waals surface area contributed by atoms with E-state index in [1.807, 2.05) is 43.3 Å². The third-order valence-corrected chi connectivity index (χ3v) is 3.68. The van der Waals surface area contributed by atoms with Crippen LogP contribution < -0.4 is 5.32 Å². The number of carbonyl (C=O) groups excluding carboxylic acids is 1. The fraction of sp³-hybridized carbons (Fsp3) is 0.316. The van der Waals surface area contributed by atoms with E-state index in [1.165, 1.54) is 5.56 Å². The lowest BCUT2D eigenvalue weighted by atomic mass is 10.0. The molecule has 0 aliphatic carbocycles. The van der Waals surface area contributed by atoms with Crippen LogP contribution in [-0.4, -0.2) is 5.91 Å². The minimum atomic E-state index is 0.0565. The normalized spacial score (nSPS) is 11.9. The molecule has 1 N–H and O–H groups in total. The van der Waals surface area contributed by atoms with Crippen molar-refractivity contribution in [2.45, 2.75) is 32.6 Å². The summed E-state index contributed by atoms with van der Waals surface area (Å²) >= 11 is 0. The maximum absolute atomic E-state index is 12.1. The van der Waals surface area contributed by atoms with Gasteiger partial charge in [-0.25, -0.2) is 0 Å². The number of benzene rings is 2. The summed E-state index contributed by atoms with van der Waals surface area (Å²) in [5.74, 6) is 0.168. The van der Waals surface area contributed by atoms with Crippen LogP contribution in [0.15, 0.2) is 60.7 Å². The minimum Gasteiger partial charge on any atom is -0.326 e. The Bertz CT molecular complexity index is 536. The van der Waals surface area contributed by atoms with Gasteiger partial charge in [-0.15, -0.1) is 0 Å². The molecule has 0 bridgehead atoms. The molecule has 2 rings (SSSR count). The molecule has 0 heterocycles. The molecule has 0 fully saturated rings. The highest BCUT2D eigenvalue weighted by Crippen LogP contribution is 2.14. The zero-order valence-electron chi connectivity index (χ0n) is 12.6. The quantitative estimate of drug-likeness (QED) is 0.734. The number of aryl methyl sites for hydroxylation is 1. The van der Waals surface area contributed by atoms with E-state index < -0.39 is 0 Å². The second kappa shape index (κ2) is 8.25. The SMILES string of the molecule is C[C@@H](CCCCc1ccccc1)C(=O)Nc1ccccc1. The van der Waals surface area contributed by atoms with Crippen LogP contribution in [0.3, 0.4) is 0 Å². The predicted octanol–water partition coefficient (Wildman–Crippen LogP) is 4.67. The van der Waals surface area contributed by atoms with Crippen LogP contribution in [0.1, 0.15) is 31.7 Å². The first-order chi connectivity index (χ1) is 10.3. The van der Waals surface area contributed by atoms with Crippen molar-refractivity contribution in [2.75, 3.05) is 5.32 Å². The molecule has 1 amide bonds. The van der Waals surface area contributed by atoms with E-state index in [0.717, 1.165) is 31.4 Å². The monoisotopic (exact) mass is 281 g/mol. The molecule has 21 heavy (non-hydrogen) atoms. The lowest BCUT2D eigenvalue weighted by molar-refractivity contribution is -0.119. The Balaban J connectivity index is 1.67. The van der Waals surface area contributed by atoms with Gasteiger partial charge in [0.05, 0.1) is 0 Å². The van der Waals surface area contributed by atoms with Crippen molar-refractivity contribution < 1.29 is 4.79 Å². The van der Waals surface area contributed by atoms with Crippen molar-refractivity contribution >= 4 is 11.6 Å². The second-order valence-corrected chi connectivity index (χ2v) is 5.49. The fourth-order valence-electron chi connectivity index (χ4n) is 2.34. The largest absolute Gasteiger partial charge is 0.326 e. The Morgan fingerprint density at radius 1 is 0.952 bits per heavy atom. The number of amides is 1. The van der Waals surface area contributed by atoms with Gasteiger partial charge < -0.3 is 5.32 Å². The Hall–Kier alpha value is -2.09. The summed E-state index contributed by atoms with van der Waals surface area (Å²) in [5, 5.41) is 2.96. The Kier molecular flexibility index (Phi) is 6.01. The highest BCUT2D eigenvalue weighted by Gasteiger charge is 2.12. The molecule has 0 spiro atoms. The van der Waals surface area contributed by atoms with E-state index in [0.29, 0.717) is 0 Å². The number of hydrogen-bond acceptors (Lipinski definition) is 1. The lowest BCUT2D eigenvalue weighted by Gasteiger charge is -2.12. The van der Waals surface area contributed by atoms with Crippen LogP contribution in [-0.2, 0) is 11.2 Å². The predicted molar refractivity (Wildman–Crippen MR) is 88.2 cm³/mol. The molecule has 2 aromatic carbocycles. The molecule has 0 saturated carbocycles. The maximum Gasteiger partial charge on any atom is 0.227 e. The van der Waals surface area contributed by atoms with Gasteiger partial charge in [0.15, 0.2) is 0 Å². The summed E-state index contributed by atoms with van der Waals surface area (Å²) in [6.07, 6.45) is 4.24. The average molecular weight is 281 g/mol. The van der Waals surface area contributed by atoms with Gasteiger partial charge in [0.25, 0.3) is 0 Å². The molecule has 0 saturated heterocycles. The van der Waals surface area contributed by atoms with Crippen LogP contribution >= 0.6 is 0 Å². The third-order valence-electron chi connectivity index (χ3n) is 3.68. The molecule has 0 unspecified atom stereocenters. The first kappa shape index (κ1) is 15.3. The molecule has 0 radical (unpaired) electrons. The number of para-hydroxylation sites is 1. The number of anilines is 1. The zero-order chi connectivity index (χ0) is 14.9. The standard InChI is InChI=1S/C19H23NO/c1-16(19(21)20-18-14-6-3-7-15-18)10-8-9-13-17-11-4-2-5-12-17/h2-7,11-12,14-16H,8-10,13H2,1H3,(H,20,21)/t16-/m0/s1. The Morgan fingerprint density at radius 3 is 2.24 bits per heavy atom. The van der Waals surface area contributed by atoms with Gasteiger partial charge in [-0.3, -0.25) is 4.79 Å². The molecular formula is C19H23NO. The highest BCUT2D eigenvalue weighted by molar-refractivity contribution is 5.92. The summed E-state index contributed by atoms with van der Waals surface area (Å²) in [4.78, 5) is 12.1. The molecule has 0 aliphatic heterocycles. The van der Waals surface area contributed by atoms with Gasteiger partial charge in [-0.05, 0) is 37.0 Å². The van der Waals surface area contributed by atoms with Gasteiger partial charge in [-0.1, -0.05) is 61.9 Å². The first-order valence-electron chi connectivity index (χ1n) is 7.65. The Morgan fingerprint density at radius 2 is 1.57 bits per heavy atom. The van der Waals surface area contributed by atoms with E-state index in [9.17, 15) is 4.79 Å². The molecule has 110 valence electrons. The van der Waals surface area contributed by atoms with Crippen LogP contribution in [0, 0.1) is 5.92 Å². The molecule has 1 atom stereocenters. The number of unbranched alkanes of at least 4 members (excludes halogenated alkanes) is 1. The van der Waals surface area contributed by atoms with Gasteiger partial charge in [0.1, 0.15) is 0 Å². The number of rotatable bonds is 7. The van der Waals surface area contributed by atoms with E-state index in [-0.39, 0.29) is 11.8 Å². The van der Waals surface area contributed by atoms with E-state index in [4.69, 9.17) is 0 Å². The summed E-state index contributed by atoms with van der Waals surface area (Å²) < 4.78 is 0. The van der Waals surface area contributed by atoms with Crippen molar-refractivity contribution in [3.63, 3.8) is 0 Å². The number of nitrogens with one attached hydrogen (secondary N) is 1. The topological polar surface area (TPSA) is 29.1 Å². The van der Waals surface area contributed by atoms with Crippen LogP contribution in [0.2, 0.25) is 0 Å². The smallest absolute Gasteiger partial charge is 0.227 e. The summed E-state index contributed by atoms with van der Waals surface area (Å²) in [5.41, 5.74) is 2.25. The fourth-order valence-corrected chi connectivity index (χ4v) is 2.34. The van der Waals surface area contributed by atoms with Crippen LogP contribution in [0.25, 0.3) is 0 Å². The molecule has 2 aromatic rings. The zero-order valence-corrected chi connectivity index (χ0v) is 12.6. The van der Waals surface area contributed by atoms with Crippen molar-refractivity contribution in [3.8, 4) is 0 Å².